The van der Waals surface area contributed by atoms with E-state index in [1.807, 2.05) is 43.3 Å². The predicted molar refractivity (Wildman–Crippen MR) is 108 cm³/mol. The number of anilines is 1. The van der Waals surface area contributed by atoms with Gasteiger partial charge in [-0.25, -0.2) is 4.98 Å². The van der Waals surface area contributed by atoms with Crippen LogP contribution in [0.5, 0.6) is 0 Å². The number of ether oxygens (including phenoxy) is 1. The summed E-state index contributed by atoms with van der Waals surface area (Å²) in [5.74, 6) is 0.928. The number of amides is 1. The number of esters is 1. The number of hydrogen-bond acceptors (Lipinski definition) is 5. The van der Waals surface area contributed by atoms with E-state index in [9.17, 15) is 9.59 Å². The summed E-state index contributed by atoms with van der Waals surface area (Å²) >= 11 is 0. The van der Waals surface area contributed by atoms with Gasteiger partial charge in [0.1, 0.15) is 5.82 Å². The lowest BCUT2D eigenvalue weighted by molar-refractivity contribution is -0.144. The van der Waals surface area contributed by atoms with Crippen molar-refractivity contribution in [2.45, 2.75) is 32.6 Å². The summed E-state index contributed by atoms with van der Waals surface area (Å²) in [7, 11) is 0. The van der Waals surface area contributed by atoms with E-state index in [2.05, 4.69) is 15.6 Å². The van der Waals surface area contributed by atoms with Gasteiger partial charge in [0.05, 0.1) is 6.61 Å². The number of hydrogen-bond donors (Lipinski definition) is 2. The van der Waals surface area contributed by atoms with Gasteiger partial charge in [0, 0.05) is 31.3 Å². The van der Waals surface area contributed by atoms with E-state index in [0.717, 1.165) is 25.1 Å². The molecule has 0 aliphatic heterocycles. The van der Waals surface area contributed by atoms with Crippen molar-refractivity contribution in [2.24, 2.45) is 5.92 Å². The minimum Gasteiger partial charge on any atom is -0.466 e. The fourth-order valence-electron chi connectivity index (χ4n) is 3.54. The van der Waals surface area contributed by atoms with Gasteiger partial charge >= 0.3 is 5.97 Å². The van der Waals surface area contributed by atoms with Gasteiger partial charge in [-0.2, -0.15) is 0 Å². The first kappa shape index (κ1) is 19.9. The second kappa shape index (κ2) is 9.88. The third-order valence-electron chi connectivity index (χ3n) is 4.94. The SMILES string of the molecule is CCOC(=O)CC1CCc2cc(C(=O)NCCNc3ccccn3)ccc2C1. The molecule has 2 aromatic rings. The van der Waals surface area contributed by atoms with Gasteiger partial charge in [-0.05, 0) is 67.5 Å². The molecule has 6 heteroatoms. The molecule has 1 unspecified atom stereocenters. The van der Waals surface area contributed by atoms with E-state index in [0.29, 0.717) is 37.6 Å². The van der Waals surface area contributed by atoms with Crippen molar-refractivity contribution in [3.8, 4) is 0 Å². The van der Waals surface area contributed by atoms with Crippen LogP contribution in [0.2, 0.25) is 0 Å². The number of pyridine rings is 1. The molecule has 6 nitrogen and oxygen atoms in total. The Balaban J connectivity index is 1.48. The molecular weight excluding hydrogens is 354 g/mol. The third kappa shape index (κ3) is 5.55. The Morgan fingerprint density at radius 3 is 2.86 bits per heavy atom. The Bertz CT molecular complexity index is 808. The monoisotopic (exact) mass is 381 g/mol. The van der Waals surface area contributed by atoms with Crippen molar-refractivity contribution in [1.29, 1.82) is 0 Å². The van der Waals surface area contributed by atoms with E-state index in [-0.39, 0.29) is 11.9 Å². The molecule has 1 aliphatic rings. The summed E-state index contributed by atoms with van der Waals surface area (Å²) in [5, 5.41) is 6.10. The van der Waals surface area contributed by atoms with E-state index >= 15 is 0 Å². The smallest absolute Gasteiger partial charge is 0.306 e. The highest BCUT2D eigenvalue weighted by molar-refractivity contribution is 5.94. The number of aryl methyl sites for hydroxylation is 1. The normalized spacial score (nSPS) is 15.4. The number of nitrogens with one attached hydrogen (secondary N) is 2. The fourth-order valence-corrected chi connectivity index (χ4v) is 3.54. The second-order valence-electron chi connectivity index (χ2n) is 7.00. The van der Waals surface area contributed by atoms with Crippen LogP contribution in [0.1, 0.15) is 41.3 Å². The van der Waals surface area contributed by atoms with Crippen LogP contribution >= 0.6 is 0 Å². The van der Waals surface area contributed by atoms with Crippen LogP contribution in [-0.4, -0.2) is 36.6 Å². The Kier molecular flexibility index (Phi) is 7.00. The summed E-state index contributed by atoms with van der Waals surface area (Å²) in [6, 6.07) is 11.5. The molecular formula is C22H27N3O3. The molecule has 0 bridgehead atoms. The minimum absolute atomic E-state index is 0.0701. The topological polar surface area (TPSA) is 80.3 Å². The van der Waals surface area contributed by atoms with Crippen molar-refractivity contribution in [3.05, 3.63) is 59.3 Å². The van der Waals surface area contributed by atoms with Crippen LogP contribution in [0, 0.1) is 5.92 Å². The number of carbonyl (C=O) groups excluding carboxylic acids is 2. The summed E-state index contributed by atoms with van der Waals surface area (Å²) in [4.78, 5) is 28.3. The van der Waals surface area contributed by atoms with Gasteiger partial charge < -0.3 is 15.4 Å². The summed E-state index contributed by atoms with van der Waals surface area (Å²) in [5.41, 5.74) is 3.12. The minimum atomic E-state index is -0.119. The number of benzene rings is 1. The van der Waals surface area contributed by atoms with Crippen molar-refractivity contribution >= 4 is 17.7 Å². The third-order valence-corrected chi connectivity index (χ3v) is 4.94. The molecule has 148 valence electrons. The summed E-state index contributed by atoms with van der Waals surface area (Å²) in [6.07, 6.45) is 4.90. The maximum Gasteiger partial charge on any atom is 0.306 e. The fraction of sp³-hybridized carbons (Fsp3) is 0.409. The Morgan fingerprint density at radius 1 is 1.18 bits per heavy atom. The van der Waals surface area contributed by atoms with Crippen LogP contribution in [0.3, 0.4) is 0 Å². The second-order valence-corrected chi connectivity index (χ2v) is 7.00. The zero-order chi connectivity index (χ0) is 19.8. The Hall–Kier alpha value is -2.89. The molecule has 1 aromatic carbocycles. The first-order valence-electron chi connectivity index (χ1n) is 9.86. The van der Waals surface area contributed by atoms with E-state index in [4.69, 9.17) is 4.74 Å². The standard InChI is InChI=1S/C22H27N3O3/c1-2-28-21(26)14-16-6-7-18-15-19(9-8-17(18)13-16)22(27)25-12-11-24-20-5-3-4-10-23-20/h3-5,8-10,15-16H,2,6-7,11-14H2,1H3,(H,23,24)(H,25,27). The van der Waals surface area contributed by atoms with Crippen LogP contribution in [0.25, 0.3) is 0 Å². The van der Waals surface area contributed by atoms with Gasteiger partial charge in [-0.3, -0.25) is 9.59 Å². The van der Waals surface area contributed by atoms with E-state index < -0.39 is 0 Å². The lowest BCUT2D eigenvalue weighted by Gasteiger charge is -2.24. The zero-order valence-corrected chi connectivity index (χ0v) is 16.2. The van der Waals surface area contributed by atoms with Gasteiger partial charge in [0.2, 0.25) is 0 Å². The quantitative estimate of drug-likeness (QED) is 0.543. The molecule has 0 saturated carbocycles. The van der Waals surface area contributed by atoms with E-state index in [1.54, 1.807) is 6.20 Å². The predicted octanol–water partition coefficient (Wildman–Crippen LogP) is 2.98. The maximum atomic E-state index is 12.4. The molecule has 0 radical (unpaired) electrons. The number of fused-ring (bicyclic) bond motifs is 1. The largest absolute Gasteiger partial charge is 0.466 e. The molecule has 0 saturated heterocycles. The van der Waals surface area contributed by atoms with Crippen LogP contribution in [0.4, 0.5) is 5.82 Å². The van der Waals surface area contributed by atoms with Crippen LogP contribution in [0.15, 0.2) is 42.6 Å². The van der Waals surface area contributed by atoms with Gasteiger partial charge in [0.25, 0.3) is 5.91 Å². The molecule has 2 N–H and O–H groups in total. The highest BCUT2D eigenvalue weighted by Gasteiger charge is 2.22. The Morgan fingerprint density at radius 2 is 2.07 bits per heavy atom. The van der Waals surface area contributed by atoms with Gasteiger partial charge in [0.15, 0.2) is 0 Å². The molecule has 0 fully saturated rings. The average molecular weight is 381 g/mol. The summed E-state index contributed by atoms with van der Waals surface area (Å²) < 4.78 is 5.06. The molecule has 1 aromatic heterocycles. The van der Waals surface area contributed by atoms with E-state index in [1.165, 1.54) is 11.1 Å². The number of carbonyl (C=O) groups is 2. The van der Waals surface area contributed by atoms with Crippen LogP contribution < -0.4 is 10.6 Å². The first-order valence-corrected chi connectivity index (χ1v) is 9.86. The molecule has 0 spiro atoms. The highest BCUT2D eigenvalue weighted by Crippen LogP contribution is 2.28. The molecule has 28 heavy (non-hydrogen) atoms. The lowest BCUT2D eigenvalue weighted by Crippen LogP contribution is -2.29. The number of aromatic nitrogens is 1. The molecule has 1 heterocycles. The molecule has 1 aliphatic carbocycles. The maximum absolute atomic E-state index is 12.4. The number of rotatable bonds is 8. The molecule has 1 amide bonds. The molecule has 3 rings (SSSR count). The lowest BCUT2D eigenvalue weighted by atomic mass is 9.81. The van der Waals surface area contributed by atoms with Gasteiger partial charge in [-0.1, -0.05) is 12.1 Å². The van der Waals surface area contributed by atoms with Crippen LogP contribution in [-0.2, 0) is 22.4 Å². The van der Waals surface area contributed by atoms with Gasteiger partial charge in [-0.15, -0.1) is 0 Å². The highest BCUT2D eigenvalue weighted by atomic mass is 16.5. The number of nitrogens with zero attached hydrogens (tertiary/aromatic N) is 1. The van der Waals surface area contributed by atoms with Crippen molar-refractivity contribution in [3.63, 3.8) is 0 Å². The van der Waals surface area contributed by atoms with Crippen molar-refractivity contribution in [2.75, 3.05) is 25.0 Å². The van der Waals surface area contributed by atoms with Crippen molar-refractivity contribution in [1.82, 2.24) is 10.3 Å². The zero-order valence-electron chi connectivity index (χ0n) is 16.2. The molecule has 1 atom stereocenters. The Labute approximate surface area is 165 Å². The average Bonchev–Trinajstić information content (AvgIpc) is 2.71. The first-order chi connectivity index (χ1) is 13.7. The summed E-state index contributed by atoms with van der Waals surface area (Å²) in [6.45, 7) is 3.39. The van der Waals surface area contributed by atoms with Crippen molar-refractivity contribution < 1.29 is 14.3 Å².